The van der Waals surface area contributed by atoms with E-state index in [-0.39, 0.29) is 12.0 Å². The van der Waals surface area contributed by atoms with Gasteiger partial charge in [-0.3, -0.25) is 4.57 Å². The van der Waals surface area contributed by atoms with Gasteiger partial charge in [-0.2, -0.15) is 14.4 Å². The molecule has 8 nitrogen and oxygen atoms in total. The number of halogens is 1. The number of ether oxygens (including phenoxy) is 2. The Hall–Kier alpha value is -3.07. The number of benzene rings is 1. The van der Waals surface area contributed by atoms with E-state index in [1.165, 1.54) is 7.11 Å². The smallest absolute Gasteiger partial charge is 0.337 e. The van der Waals surface area contributed by atoms with Crippen molar-refractivity contribution in [2.24, 2.45) is 0 Å². The van der Waals surface area contributed by atoms with E-state index in [0.29, 0.717) is 29.9 Å². The van der Waals surface area contributed by atoms with Gasteiger partial charge in [0.1, 0.15) is 6.23 Å². The van der Waals surface area contributed by atoms with Crippen molar-refractivity contribution >= 4 is 23.0 Å². The second kappa shape index (κ2) is 7.28. The number of nitrogens with zero attached hydrogens (tertiary/aromatic N) is 4. The zero-order valence-corrected chi connectivity index (χ0v) is 14.7. The van der Waals surface area contributed by atoms with Gasteiger partial charge in [0, 0.05) is 13.2 Å². The number of fused-ring (bicyclic) bond motifs is 1. The molecule has 2 aromatic heterocycles. The third-order valence-corrected chi connectivity index (χ3v) is 4.42. The number of esters is 1. The van der Waals surface area contributed by atoms with Crippen LogP contribution in [0.2, 0.25) is 0 Å². The van der Waals surface area contributed by atoms with Crippen molar-refractivity contribution in [1.82, 2.24) is 19.5 Å². The minimum atomic E-state index is -0.840. The molecular formula is C18H18FN5O3. The van der Waals surface area contributed by atoms with Crippen LogP contribution in [-0.2, 0) is 16.0 Å². The van der Waals surface area contributed by atoms with Gasteiger partial charge < -0.3 is 14.8 Å². The maximum Gasteiger partial charge on any atom is 0.337 e. The van der Waals surface area contributed by atoms with Gasteiger partial charge in [-0.25, -0.2) is 9.78 Å². The lowest BCUT2D eigenvalue weighted by atomic mass is 10.1. The first kappa shape index (κ1) is 17.3. The first-order valence-electron chi connectivity index (χ1n) is 8.58. The number of rotatable bonds is 5. The lowest BCUT2D eigenvalue weighted by Gasteiger charge is -2.12. The molecule has 27 heavy (non-hydrogen) atoms. The van der Waals surface area contributed by atoms with Gasteiger partial charge in [0.25, 0.3) is 0 Å². The summed E-state index contributed by atoms with van der Waals surface area (Å²) in [5.41, 5.74) is 2.12. The summed E-state index contributed by atoms with van der Waals surface area (Å²) in [7, 11) is 1.33. The molecule has 1 aromatic carbocycles. The third kappa shape index (κ3) is 3.45. The van der Waals surface area contributed by atoms with E-state index in [2.05, 4.69) is 20.3 Å². The zero-order valence-electron chi connectivity index (χ0n) is 14.7. The molecule has 1 N–H and O–H groups in total. The number of methoxy groups -OCH3 is 1. The van der Waals surface area contributed by atoms with Crippen molar-refractivity contribution in [2.75, 3.05) is 19.0 Å². The highest BCUT2D eigenvalue weighted by Gasteiger charge is 2.22. The van der Waals surface area contributed by atoms with Crippen LogP contribution in [0.4, 0.5) is 10.2 Å². The minimum Gasteiger partial charge on any atom is -0.465 e. The highest BCUT2D eigenvalue weighted by molar-refractivity contribution is 5.89. The molecule has 3 heterocycles. The fourth-order valence-electron chi connectivity index (χ4n) is 3.12. The number of hydrogen-bond donors (Lipinski definition) is 1. The number of carbonyl (C=O) groups excluding carboxylic acids is 1. The summed E-state index contributed by atoms with van der Waals surface area (Å²) in [5, 5.41) is 3.07. The maximum absolute atomic E-state index is 14.0. The van der Waals surface area contributed by atoms with Crippen LogP contribution < -0.4 is 5.32 Å². The summed E-state index contributed by atoms with van der Waals surface area (Å²) in [5.74, 6) is -0.125. The second-order valence-corrected chi connectivity index (χ2v) is 6.18. The monoisotopic (exact) mass is 371 g/mol. The van der Waals surface area contributed by atoms with Crippen molar-refractivity contribution in [3.05, 3.63) is 47.8 Å². The average molecular weight is 371 g/mol. The van der Waals surface area contributed by atoms with Gasteiger partial charge in [0.2, 0.25) is 0 Å². The number of anilines is 1. The number of imidazole rings is 1. The third-order valence-electron chi connectivity index (χ3n) is 4.42. The van der Waals surface area contributed by atoms with Gasteiger partial charge in [-0.1, -0.05) is 12.1 Å². The first-order valence-corrected chi connectivity index (χ1v) is 8.58. The first-order chi connectivity index (χ1) is 13.2. The zero-order chi connectivity index (χ0) is 18.8. The van der Waals surface area contributed by atoms with E-state index in [0.717, 1.165) is 18.4 Å². The molecule has 0 radical (unpaired) electrons. The summed E-state index contributed by atoms with van der Waals surface area (Å²) < 4.78 is 26.1. The predicted molar refractivity (Wildman–Crippen MR) is 94.6 cm³/mol. The fourth-order valence-corrected chi connectivity index (χ4v) is 3.12. The van der Waals surface area contributed by atoms with Crippen molar-refractivity contribution in [3.8, 4) is 0 Å². The molecule has 0 aliphatic carbocycles. The van der Waals surface area contributed by atoms with E-state index >= 15 is 0 Å². The molecule has 1 unspecified atom stereocenters. The normalized spacial score (nSPS) is 16.6. The summed E-state index contributed by atoms with van der Waals surface area (Å²) in [4.78, 5) is 23.7. The van der Waals surface area contributed by atoms with E-state index in [9.17, 15) is 9.18 Å². The second-order valence-electron chi connectivity index (χ2n) is 6.18. The lowest BCUT2D eigenvalue weighted by molar-refractivity contribution is 0.0590. The SMILES string of the molecule is COC(=O)c1cccc(CNc2nc(F)nc3c2ncn3C2CCCO2)c1. The maximum atomic E-state index is 14.0. The predicted octanol–water partition coefficient (Wildman–Crippen LogP) is 2.67. The van der Waals surface area contributed by atoms with Crippen LogP contribution in [-0.4, -0.2) is 39.2 Å². The van der Waals surface area contributed by atoms with Gasteiger partial charge >= 0.3 is 12.0 Å². The van der Waals surface area contributed by atoms with Crippen LogP contribution in [0.15, 0.2) is 30.6 Å². The minimum absolute atomic E-state index is 0.186. The van der Waals surface area contributed by atoms with E-state index in [1.54, 1.807) is 29.1 Å². The topological polar surface area (TPSA) is 91.2 Å². The summed E-state index contributed by atoms with van der Waals surface area (Å²) in [6.45, 7) is 1.00. The summed E-state index contributed by atoms with van der Waals surface area (Å²) in [6.07, 6.45) is 2.35. The van der Waals surface area contributed by atoms with Crippen molar-refractivity contribution in [2.45, 2.75) is 25.6 Å². The molecule has 9 heteroatoms. The molecule has 140 valence electrons. The van der Waals surface area contributed by atoms with Crippen molar-refractivity contribution in [3.63, 3.8) is 0 Å². The largest absolute Gasteiger partial charge is 0.465 e. The molecule has 0 saturated carbocycles. The number of nitrogens with one attached hydrogen (secondary N) is 1. The Bertz CT molecular complexity index is 984. The molecule has 0 spiro atoms. The van der Waals surface area contributed by atoms with Crippen molar-refractivity contribution in [1.29, 1.82) is 0 Å². The molecule has 1 atom stereocenters. The van der Waals surface area contributed by atoms with E-state index in [1.807, 2.05) is 6.07 Å². The average Bonchev–Trinajstić information content (AvgIpc) is 3.35. The van der Waals surface area contributed by atoms with Crippen LogP contribution in [0.25, 0.3) is 11.2 Å². The standard InChI is InChI=1S/C18H18FN5O3/c1-26-17(25)12-5-2-4-11(8-12)9-20-15-14-16(23-18(19)22-15)24(10-21-14)13-6-3-7-27-13/h2,4-5,8,10,13H,3,6-7,9H2,1H3,(H,20,22,23). The van der Waals surface area contributed by atoms with Crippen LogP contribution in [0.5, 0.6) is 0 Å². The Morgan fingerprint density at radius 3 is 3.11 bits per heavy atom. The quantitative estimate of drug-likeness (QED) is 0.545. The highest BCUT2D eigenvalue weighted by atomic mass is 19.1. The highest BCUT2D eigenvalue weighted by Crippen LogP contribution is 2.28. The Morgan fingerprint density at radius 1 is 1.44 bits per heavy atom. The van der Waals surface area contributed by atoms with Gasteiger partial charge in [-0.05, 0) is 30.5 Å². The van der Waals surface area contributed by atoms with E-state index in [4.69, 9.17) is 9.47 Å². The number of aromatic nitrogens is 4. The molecule has 1 fully saturated rings. The van der Waals surface area contributed by atoms with Crippen LogP contribution >= 0.6 is 0 Å². The molecule has 0 bridgehead atoms. The summed E-state index contributed by atoms with van der Waals surface area (Å²) >= 11 is 0. The number of carbonyl (C=O) groups is 1. The Balaban J connectivity index is 1.60. The Morgan fingerprint density at radius 2 is 2.33 bits per heavy atom. The van der Waals surface area contributed by atoms with Gasteiger partial charge in [0.15, 0.2) is 17.0 Å². The van der Waals surface area contributed by atoms with Gasteiger partial charge in [0.05, 0.1) is 19.0 Å². The van der Waals surface area contributed by atoms with Crippen molar-refractivity contribution < 1.29 is 18.7 Å². The Kier molecular flexibility index (Phi) is 4.68. The lowest BCUT2D eigenvalue weighted by Crippen LogP contribution is -2.09. The van der Waals surface area contributed by atoms with Crippen LogP contribution in [0.3, 0.4) is 0 Å². The van der Waals surface area contributed by atoms with Crippen LogP contribution in [0, 0.1) is 6.08 Å². The van der Waals surface area contributed by atoms with E-state index < -0.39 is 12.0 Å². The Labute approximate surface area is 154 Å². The molecule has 3 aromatic rings. The van der Waals surface area contributed by atoms with Gasteiger partial charge in [-0.15, -0.1) is 0 Å². The summed E-state index contributed by atoms with van der Waals surface area (Å²) in [6, 6.07) is 6.98. The van der Waals surface area contributed by atoms with Crippen LogP contribution in [0.1, 0.15) is 35.0 Å². The number of hydrogen-bond acceptors (Lipinski definition) is 7. The molecule has 4 rings (SSSR count). The molecule has 1 aliphatic rings. The fraction of sp³-hybridized carbons (Fsp3) is 0.333. The molecule has 1 aliphatic heterocycles. The molecule has 1 saturated heterocycles. The molecular weight excluding hydrogens is 353 g/mol. The molecule has 0 amide bonds.